The number of anilines is 2. The van der Waals surface area contributed by atoms with Crippen molar-refractivity contribution in [1.82, 2.24) is 4.98 Å². The second-order valence-electron chi connectivity index (χ2n) is 3.67. The molecular weight excluding hydrogens is 354 g/mol. The largest absolute Gasteiger partial charge is 0.399 e. The SMILES string of the molecule is Nc1ccc(S(=O)(=O)Nc2cc(Br)cnc2Cl)cc1. The summed E-state index contributed by atoms with van der Waals surface area (Å²) in [6, 6.07) is 7.38. The lowest BCUT2D eigenvalue weighted by molar-refractivity contribution is 0.601. The zero-order valence-electron chi connectivity index (χ0n) is 9.47. The third kappa shape index (κ3) is 3.37. The molecule has 0 aliphatic heterocycles. The van der Waals surface area contributed by atoms with Gasteiger partial charge in [-0.25, -0.2) is 13.4 Å². The molecule has 0 aliphatic rings. The first-order chi connectivity index (χ1) is 8.88. The highest BCUT2D eigenvalue weighted by molar-refractivity contribution is 9.10. The molecule has 2 rings (SSSR count). The third-order valence-corrected chi connectivity index (χ3v) is 4.36. The zero-order valence-corrected chi connectivity index (χ0v) is 12.6. The van der Waals surface area contributed by atoms with Crippen LogP contribution < -0.4 is 10.5 Å². The summed E-state index contributed by atoms with van der Waals surface area (Å²) in [4.78, 5) is 3.94. The fraction of sp³-hybridized carbons (Fsp3) is 0. The Morgan fingerprint density at radius 1 is 1.26 bits per heavy atom. The van der Waals surface area contributed by atoms with Gasteiger partial charge in [0.25, 0.3) is 10.0 Å². The lowest BCUT2D eigenvalue weighted by atomic mass is 10.3. The van der Waals surface area contributed by atoms with Crippen LogP contribution in [0, 0.1) is 0 Å². The van der Waals surface area contributed by atoms with E-state index in [1.807, 2.05) is 0 Å². The van der Waals surface area contributed by atoms with Gasteiger partial charge in [-0.15, -0.1) is 0 Å². The van der Waals surface area contributed by atoms with Crippen LogP contribution in [0.15, 0.2) is 45.9 Å². The number of nitrogens with zero attached hydrogens (tertiary/aromatic N) is 1. The van der Waals surface area contributed by atoms with E-state index in [1.165, 1.54) is 36.5 Å². The number of benzene rings is 1. The van der Waals surface area contributed by atoms with E-state index in [1.54, 1.807) is 0 Å². The number of aromatic nitrogens is 1. The van der Waals surface area contributed by atoms with E-state index in [9.17, 15) is 8.42 Å². The van der Waals surface area contributed by atoms with Gasteiger partial charge in [0, 0.05) is 16.4 Å². The van der Waals surface area contributed by atoms with Gasteiger partial charge in [-0.3, -0.25) is 4.72 Å². The highest BCUT2D eigenvalue weighted by Gasteiger charge is 2.16. The van der Waals surface area contributed by atoms with Gasteiger partial charge in [0.05, 0.1) is 10.6 Å². The van der Waals surface area contributed by atoms with E-state index in [4.69, 9.17) is 17.3 Å². The van der Waals surface area contributed by atoms with Crippen molar-refractivity contribution in [1.29, 1.82) is 0 Å². The highest BCUT2D eigenvalue weighted by atomic mass is 79.9. The van der Waals surface area contributed by atoms with E-state index in [0.717, 1.165) is 0 Å². The number of pyridine rings is 1. The Morgan fingerprint density at radius 3 is 2.53 bits per heavy atom. The van der Waals surface area contributed by atoms with Crippen LogP contribution in [-0.4, -0.2) is 13.4 Å². The lowest BCUT2D eigenvalue weighted by Gasteiger charge is -2.09. The van der Waals surface area contributed by atoms with Gasteiger partial charge in [-0.2, -0.15) is 0 Å². The molecule has 5 nitrogen and oxygen atoms in total. The Labute approximate surface area is 124 Å². The second-order valence-corrected chi connectivity index (χ2v) is 6.62. The quantitative estimate of drug-likeness (QED) is 0.649. The Balaban J connectivity index is 2.36. The molecule has 1 heterocycles. The Kier molecular flexibility index (Phi) is 3.98. The monoisotopic (exact) mass is 361 g/mol. The van der Waals surface area contributed by atoms with Crippen molar-refractivity contribution in [2.45, 2.75) is 4.90 Å². The maximum absolute atomic E-state index is 12.1. The third-order valence-electron chi connectivity index (χ3n) is 2.24. The molecule has 2 aromatic rings. The lowest BCUT2D eigenvalue weighted by Crippen LogP contribution is -2.13. The summed E-state index contributed by atoms with van der Waals surface area (Å²) in [5.41, 5.74) is 6.20. The van der Waals surface area contributed by atoms with E-state index in [-0.39, 0.29) is 15.7 Å². The predicted molar refractivity (Wildman–Crippen MR) is 78.6 cm³/mol. The van der Waals surface area contributed by atoms with Gasteiger partial charge in [0.15, 0.2) is 5.15 Å². The van der Waals surface area contributed by atoms with Crippen LogP contribution in [0.2, 0.25) is 5.15 Å². The summed E-state index contributed by atoms with van der Waals surface area (Å²) >= 11 is 9.03. The van der Waals surface area contributed by atoms with Gasteiger partial charge in [-0.05, 0) is 46.3 Å². The Bertz CT molecular complexity index is 704. The molecule has 0 saturated heterocycles. The summed E-state index contributed by atoms with van der Waals surface area (Å²) in [6.45, 7) is 0. The summed E-state index contributed by atoms with van der Waals surface area (Å²) in [7, 11) is -3.72. The van der Waals surface area contributed by atoms with E-state index in [2.05, 4.69) is 25.6 Å². The minimum Gasteiger partial charge on any atom is -0.399 e. The van der Waals surface area contributed by atoms with Crippen molar-refractivity contribution < 1.29 is 8.42 Å². The number of sulfonamides is 1. The Morgan fingerprint density at radius 2 is 1.89 bits per heavy atom. The summed E-state index contributed by atoms with van der Waals surface area (Å²) < 4.78 is 27.2. The fourth-order valence-electron chi connectivity index (χ4n) is 1.34. The molecule has 0 unspecified atom stereocenters. The first-order valence-electron chi connectivity index (χ1n) is 5.08. The fourth-order valence-corrected chi connectivity index (χ4v) is 2.94. The highest BCUT2D eigenvalue weighted by Crippen LogP contribution is 2.25. The average Bonchev–Trinajstić information content (AvgIpc) is 2.34. The molecule has 1 aromatic heterocycles. The molecule has 0 fully saturated rings. The number of rotatable bonds is 3. The molecule has 3 N–H and O–H groups in total. The minimum absolute atomic E-state index is 0.0715. The molecule has 0 amide bonds. The van der Waals surface area contributed by atoms with Crippen LogP contribution >= 0.6 is 27.5 Å². The van der Waals surface area contributed by atoms with Crippen LogP contribution in [0.1, 0.15) is 0 Å². The molecule has 0 atom stereocenters. The van der Waals surface area contributed by atoms with Crippen LogP contribution in [0.5, 0.6) is 0 Å². The minimum atomic E-state index is -3.72. The number of hydrogen-bond donors (Lipinski definition) is 2. The van der Waals surface area contributed by atoms with E-state index >= 15 is 0 Å². The van der Waals surface area contributed by atoms with Crippen LogP contribution in [0.25, 0.3) is 0 Å². The standard InChI is InChI=1S/C11H9BrClN3O2S/c12-7-5-10(11(13)15-6-7)16-19(17,18)9-3-1-8(14)2-4-9/h1-6,16H,14H2. The van der Waals surface area contributed by atoms with Gasteiger partial charge in [0.1, 0.15) is 0 Å². The number of nitrogens with two attached hydrogens (primary N) is 1. The van der Waals surface area contributed by atoms with Crippen molar-refractivity contribution in [3.8, 4) is 0 Å². The molecule has 0 saturated carbocycles. The summed E-state index contributed by atoms with van der Waals surface area (Å²) in [5.74, 6) is 0. The topological polar surface area (TPSA) is 85.1 Å². The van der Waals surface area contributed by atoms with Crippen molar-refractivity contribution >= 4 is 48.9 Å². The molecular formula is C11H9BrClN3O2S. The smallest absolute Gasteiger partial charge is 0.261 e. The van der Waals surface area contributed by atoms with Crippen molar-refractivity contribution in [2.24, 2.45) is 0 Å². The first kappa shape index (κ1) is 14.1. The number of hydrogen-bond acceptors (Lipinski definition) is 4. The molecule has 0 radical (unpaired) electrons. The van der Waals surface area contributed by atoms with Crippen LogP contribution in [0.3, 0.4) is 0 Å². The first-order valence-corrected chi connectivity index (χ1v) is 7.73. The number of halogens is 2. The van der Waals surface area contributed by atoms with Gasteiger partial charge < -0.3 is 5.73 Å². The van der Waals surface area contributed by atoms with Gasteiger partial charge >= 0.3 is 0 Å². The van der Waals surface area contributed by atoms with Crippen molar-refractivity contribution in [2.75, 3.05) is 10.5 Å². The Hall–Kier alpha value is -1.31. The summed E-state index contributed by atoms with van der Waals surface area (Å²) in [6.07, 6.45) is 1.48. The molecule has 8 heteroatoms. The van der Waals surface area contributed by atoms with Crippen LogP contribution in [-0.2, 0) is 10.0 Å². The second kappa shape index (κ2) is 5.36. The van der Waals surface area contributed by atoms with Crippen LogP contribution in [0.4, 0.5) is 11.4 Å². The maximum atomic E-state index is 12.1. The molecule has 100 valence electrons. The van der Waals surface area contributed by atoms with Gasteiger partial charge in [-0.1, -0.05) is 11.6 Å². The molecule has 1 aromatic carbocycles. The molecule has 0 aliphatic carbocycles. The van der Waals surface area contributed by atoms with E-state index < -0.39 is 10.0 Å². The zero-order chi connectivity index (χ0) is 14.0. The normalized spacial score (nSPS) is 11.3. The van der Waals surface area contributed by atoms with Crippen molar-refractivity contribution in [3.05, 3.63) is 46.2 Å². The maximum Gasteiger partial charge on any atom is 0.261 e. The van der Waals surface area contributed by atoms with Crippen molar-refractivity contribution in [3.63, 3.8) is 0 Å². The molecule has 19 heavy (non-hydrogen) atoms. The summed E-state index contributed by atoms with van der Waals surface area (Å²) in [5, 5.41) is 0.0715. The molecule has 0 bridgehead atoms. The number of nitrogen functional groups attached to an aromatic ring is 1. The average molecular weight is 363 g/mol. The van der Waals surface area contributed by atoms with E-state index in [0.29, 0.717) is 10.2 Å². The predicted octanol–water partition coefficient (Wildman–Crippen LogP) is 2.88. The molecule has 0 spiro atoms. The van der Waals surface area contributed by atoms with Gasteiger partial charge in [0.2, 0.25) is 0 Å². The number of nitrogens with one attached hydrogen (secondary N) is 1.